The Kier molecular flexibility index (Phi) is 64.1. The van der Waals surface area contributed by atoms with E-state index in [0.717, 1.165) is 64.2 Å². The van der Waals surface area contributed by atoms with Gasteiger partial charge in [-0.15, -0.1) is 0 Å². The summed E-state index contributed by atoms with van der Waals surface area (Å²) < 4.78 is 11.4. The van der Waals surface area contributed by atoms with Crippen LogP contribution in [-0.4, -0.2) is 87.5 Å². The Balaban J connectivity index is 2.06. The molecule has 0 spiro atoms. The van der Waals surface area contributed by atoms with Crippen molar-refractivity contribution in [2.45, 2.75) is 429 Å². The molecule has 87 heavy (non-hydrogen) atoms. The van der Waals surface area contributed by atoms with Crippen LogP contribution in [0.2, 0.25) is 0 Å². The van der Waals surface area contributed by atoms with E-state index in [2.05, 4.69) is 67.8 Å². The Bertz CT molecular complexity index is 1520. The molecule has 1 heterocycles. The van der Waals surface area contributed by atoms with Crippen LogP contribution in [0, 0.1) is 0 Å². The van der Waals surface area contributed by atoms with E-state index in [1.165, 1.54) is 295 Å². The van der Waals surface area contributed by atoms with Crippen molar-refractivity contribution in [2.75, 3.05) is 13.2 Å². The summed E-state index contributed by atoms with van der Waals surface area (Å²) in [7, 11) is 0. The molecule has 512 valence electrons. The van der Waals surface area contributed by atoms with Crippen LogP contribution in [0.4, 0.5) is 0 Å². The van der Waals surface area contributed by atoms with Crippen LogP contribution in [0.15, 0.2) is 48.6 Å². The number of carbonyl (C=O) groups is 1. The average molecular weight is 1230 g/mol. The fraction of sp³-hybridized carbons (Fsp3) is 0.885. The second-order valence-corrected chi connectivity index (χ2v) is 26.8. The van der Waals surface area contributed by atoms with Gasteiger partial charge in [0.15, 0.2) is 6.29 Å². The van der Waals surface area contributed by atoms with E-state index in [9.17, 15) is 30.3 Å². The van der Waals surface area contributed by atoms with Crippen molar-refractivity contribution < 1.29 is 39.8 Å². The summed E-state index contributed by atoms with van der Waals surface area (Å²) in [5.74, 6) is -0.136. The number of ether oxygens (including phenoxy) is 2. The zero-order chi connectivity index (χ0) is 62.8. The van der Waals surface area contributed by atoms with Crippen molar-refractivity contribution in [1.29, 1.82) is 0 Å². The molecule has 0 radical (unpaired) electrons. The van der Waals surface area contributed by atoms with Gasteiger partial charge in [-0.3, -0.25) is 4.79 Å². The fourth-order valence-corrected chi connectivity index (χ4v) is 12.5. The number of aliphatic hydroxyl groups excluding tert-OH is 5. The molecule has 6 N–H and O–H groups in total. The molecule has 0 saturated carbocycles. The van der Waals surface area contributed by atoms with E-state index in [1.807, 2.05) is 0 Å². The maximum atomic E-state index is 13.2. The van der Waals surface area contributed by atoms with Gasteiger partial charge in [0.05, 0.1) is 25.4 Å². The molecule has 1 saturated heterocycles. The van der Waals surface area contributed by atoms with Gasteiger partial charge in [0.1, 0.15) is 24.4 Å². The van der Waals surface area contributed by atoms with Crippen molar-refractivity contribution >= 4 is 5.91 Å². The van der Waals surface area contributed by atoms with Gasteiger partial charge in [-0.25, -0.2) is 0 Å². The highest BCUT2D eigenvalue weighted by atomic mass is 16.7. The van der Waals surface area contributed by atoms with Crippen molar-refractivity contribution in [3.8, 4) is 0 Å². The predicted molar refractivity (Wildman–Crippen MR) is 373 cm³/mol. The van der Waals surface area contributed by atoms with Crippen molar-refractivity contribution in [1.82, 2.24) is 5.32 Å². The highest BCUT2D eigenvalue weighted by Crippen LogP contribution is 2.24. The molecule has 1 aliphatic heterocycles. The van der Waals surface area contributed by atoms with E-state index in [0.29, 0.717) is 12.8 Å². The lowest BCUT2D eigenvalue weighted by atomic mass is 9.99. The fourth-order valence-electron chi connectivity index (χ4n) is 12.5. The first-order valence-electron chi connectivity index (χ1n) is 38.3. The minimum atomic E-state index is -1.55. The van der Waals surface area contributed by atoms with E-state index >= 15 is 0 Å². The van der Waals surface area contributed by atoms with Crippen LogP contribution in [0.5, 0.6) is 0 Å². The summed E-state index contributed by atoms with van der Waals surface area (Å²) >= 11 is 0. The smallest absolute Gasteiger partial charge is 0.220 e. The van der Waals surface area contributed by atoms with Crippen LogP contribution in [0.1, 0.15) is 386 Å². The number of hydrogen-bond donors (Lipinski definition) is 6. The molecule has 1 aliphatic rings. The highest BCUT2D eigenvalue weighted by Gasteiger charge is 2.44. The summed E-state index contributed by atoms with van der Waals surface area (Å²) in [4.78, 5) is 13.2. The summed E-state index contributed by atoms with van der Waals surface area (Å²) in [6, 6.07) is -0.720. The van der Waals surface area contributed by atoms with Crippen molar-refractivity contribution in [3.63, 3.8) is 0 Å². The normalized spacial score (nSPS) is 18.2. The number of amides is 1. The first-order chi connectivity index (χ1) is 42.8. The molecule has 9 heteroatoms. The summed E-state index contributed by atoms with van der Waals surface area (Å²) in [5, 5.41) is 55.1. The SMILES string of the molecule is CC/C=C\C/C=C\C/C=C\C/C=C\CCCCCCCCCCCCCCCCCCCCCCC(=O)NC(COC1OC(CO)C(O)C(O)C1O)C(O)CCCCCCCCCCCCCCCCCCCCCCCCCCCCCCCCC. The third-order valence-electron chi connectivity index (χ3n) is 18.4. The molecular formula is C78H147NO8. The molecule has 0 aliphatic carbocycles. The van der Waals surface area contributed by atoms with E-state index in [4.69, 9.17) is 9.47 Å². The first-order valence-corrected chi connectivity index (χ1v) is 38.3. The Hall–Kier alpha value is -1.85. The second-order valence-electron chi connectivity index (χ2n) is 26.8. The molecule has 1 amide bonds. The summed E-state index contributed by atoms with van der Waals surface area (Å²) in [5.41, 5.74) is 0. The van der Waals surface area contributed by atoms with Crippen LogP contribution >= 0.6 is 0 Å². The maximum absolute atomic E-state index is 13.2. The molecule has 1 rings (SSSR count). The van der Waals surface area contributed by atoms with Gasteiger partial charge in [0.25, 0.3) is 0 Å². The zero-order valence-corrected chi connectivity index (χ0v) is 57.5. The number of rotatable bonds is 68. The number of allylic oxidation sites excluding steroid dienone is 8. The third-order valence-corrected chi connectivity index (χ3v) is 18.4. The lowest BCUT2D eigenvalue weighted by molar-refractivity contribution is -0.302. The van der Waals surface area contributed by atoms with Gasteiger partial charge in [-0.1, -0.05) is 377 Å². The molecule has 0 aromatic rings. The number of carbonyl (C=O) groups excluding carboxylic acids is 1. The largest absolute Gasteiger partial charge is 0.394 e. The zero-order valence-electron chi connectivity index (χ0n) is 57.5. The molecule has 0 bridgehead atoms. The average Bonchev–Trinajstić information content (AvgIpc) is 3.38. The van der Waals surface area contributed by atoms with E-state index in [1.54, 1.807) is 0 Å². The summed E-state index contributed by atoms with van der Waals surface area (Å²) in [6.07, 6.45) is 84.9. The molecule has 7 atom stereocenters. The Morgan fingerprint density at radius 2 is 0.713 bits per heavy atom. The van der Waals surface area contributed by atoms with Gasteiger partial charge in [-0.05, 0) is 51.4 Å². The maximum Gasteiger partial charge on any atom is 0.220 e. The van der Waals surface area contributed by atoms with Gasteiger partial charge >= 0.3 is 0 Å². The summed E-state index contributed by atoms with van der Waals surface area (Å²) in [6.45, 7) is 3.79. The molecule has 0 aromatic carbocycles. The number of hydrogen-bond acceptors (Lipinski definition) is 8. The predicted octanol–water partition coefficient (Wildman–Crippen LogP) is 21.5. The lowest BCUT2D eigenvalue weighted by Gasteiger charge is -2.40. The molecule has 0 aromatic heterocycles. The highest BCUT2D eigenvalue weighted by molar-refractivity contribution is 5.76. The number of unbranched alkanes of at least 4 members (excludes halogenated alkanes) is 50. The lowest BCUT2D eigenvalue weighted by Crippen LogP contribution is -2.60. The van der Waals surface area contributed by atoms with Crippen LogP contribution in [0.3, 0.4) is 0 Å². The molecule has 1 fully saturated rings. The minimum Gasteiger partial charge on any atom is -0.394 e. The van der Waals surface area contributed by atoms with Gasteiger partial charge in [-0.2, -0.15) is 0 Å². The first kappa shape index (κ1) is 83.2. The molecular weight excluding hydrogens is 1080 g/mol. The Labute approximate surface area is 539 Å². The Morgan fingerprint density at radius 1 is 0.402 bits per heavy atom. The third kappa shape index (κ3) is 55.5. The molecule has 7 unspecified atom stereocenters. The second kappa shape index (κ2) is 67.1. The van der Waals surface area contributed by atoms with E-state index in [-0.39, 0.29) is 12.5 Å². The van der Waals surface area contributed by atoms with Crippen LogP contribution < -0.4 is 5.32 Å². The van der Waals surface area contributed by atoms with Gasteiger partial charge in [0.2, 0.25) is 5.91 Å². The van der Waals surface area contributed by atoms with Gasteiger partial charge < -0.3 is 40.3 Å². The molecule has 9 nitrogen and oxygen atoms in total. The quantitative estimate of drug-likeness (QED) is 0.0261. The minimum absolute atomic E-state index is 0.134. The van der Waals surface area contributed by atoms with Crippen molar-refractivity contribution in [3.05, 3.63) is 48.6 Å². The van der Waals surface area contributed by atoms with Gasteiger partial charge in [0, 0.05) is 6.42 Å². The van der Waals surface area contributed by atoms with Crippen LogP contribution in [-0.2, 0) is 14.3 Å². The monoisotopic (exact) mass is 1230 g/mol. The standard InChI is InChI=1S/C78H147NO8/c1-3-5-7-9-11-13-15-17-19-21-23-25-27-29-31-33-35-36-38-40-42-44-46-48-50-52-54-56-58-60-62-64-66-68-74(82)79-71(70-86-78-77(85)76(84)75(83)73(69-80)87-78)72(81)67-65-63-61-59-57-55-53-51-49-47-45-43-41-39-37-34-32-30-28-26-24-22-20-18-16-14-12-10-8-6-4-2/h5,7,11,13,17,19,23,25,71-73,75-78,80-81,83-85H,3-4,6,8-10,12,14-16,18,20-22,24,26-70H2,1-2H3,(H,79,82)/b7-5-,13-11-,19-17-,25-23-. The number of nitrogens with one attached hydrogen (secondary N) is 1. The van der Waals surface area contributed by atoms with E-state index < -0.39 is 49.5 Å². The number of aliphatic hydroxyl groups is 5. The van der Waals surface area contributed by atoms with Crippen molar-refractivity contribution in [2.24, 2.45) is 0 Å². The Morgan fingerprint density at radius 3 is 1.06 bits per heavy atom. The topological polar surface area (TPSA) is 149 Å². The van der Waals surface area contributed by atoms with Crippen LogP contribution in [0.25, 0.3) is 0 Å².